The smallest absolute Gasteiger partial charge is 0.243 e. The molecule has 2 heterocycles. The molecule has 1 aromatic heterocycles. The van der Waals surface area contributed by atoms with Crippen LogP contribution in [0.2, 0.25) is 0 Å². The van der Waals surface area contributed by atoms with Crippen molar-refractivity contribution in [2.24, 2.45) is 0 Å². The summed E-state index contributed by atoms with van der Waals surface area (Å²) in [6.07, 6.45) is 2.36. The van der Waals surface area contributed by atoms with E-state index in [9.17, 15) is 8.42 Å². The van der Waals surface area contributed by atoms with Crippen LogP contribution in [0.5, 0.6) is 0 Å². The monoisotopic (exact) mass is 397 g/mol. The molecular formula is C20H23N5O2S. The second kappa shape index (κ2) is 7.73. The number of aromatic amines is 1. The molecule has 0 spiro atoms. The number of sulfonamides is 1. The van der Waals surface area contributed by atoms with Crippen molar-refractivity contribution in [1.29, 1.82) is 0 Å². The van der Waals surface area contributed by atoms with Gasteiger partial charge in [-0.05, 0) is 35.2 Å². The highest BCUT2D eigenvalue weighted by molar-refractivity contribution is 7.89. The van der Waals surface area contributed by atoms with Gasteiger partial charge in [0.1, 0.15) is 6.33 Å². The van der Waals surface area contributed by atoms with Gasteiger partial charge >= 0.3 is 0 Å². The Morgan fingerprint density at radius 1 is 1.04 bits per heavy atom. The molecule has 3 aromatic rings. The first-order valence-electron chi connectivity index (χ1n) is 9.38. The first-order valence-corrected chi connectivity index (χ1v) is 10.8. The summed E-state index contributed by atoms with van der Waals surface area (Å²) in [7, 11) is -3.54. The number of aromatic nitrogens is 3. The summed E-state index contributed by atoms with van der Waals surface area (Å²) in [5.41, 5.74) is 3.22. The lowest BCUT2D eigenvalue weighted by Crippen LogP contribution is -2.49. The zero-order valence-corrected chi connectivity index (χ0v) is 16.6. The Kier molecular flexibility index (Phi) is 5.15. The Morgan fingerprint density at radius 3 is 2.54 bits per heavy atom. The maximum atomic E-state index is 13.2. The van der Waals surface area contributed by atoms with E-state index in [1.54, 1.807) is 16.4 Å². The second-order valence-electron chi connectivity index (χ2n) is 6.74. The third kappa shape index (κ3) is 3.53. The van der Waals surface area contributed by atoms with E-state index >= 15 is 0 Å². The number of nitrogens with zero attached hydrogens (tertiary/aromatic N) is 4. The summed E-state index contributed by atoms with van der Waals surface area (Å²) in [4.78, 5) is 6.48. The Morgan fingerprint density at radius 2 is 1.82 bits per heavy atom. The summed E-state index contributed by atoms with van der Waals surface area (Å²) in [6.45, 7) is 4.09. The molecule has 1 N–H and O–H groups in total. The number of nitrogens with one attached hydrogen (secondary N) is 1. The number of hydrogen-bond donors (Lipinski definition) is 1. The molecule has 7 nitrogen and oxygen atoms in total. The lowest BCUT2D eigenvalue weighted by Gasteiger charge is -2.33. The second-order valence-corrected chi connectivity index (χ2v) is 8.68. The van der Waals surface area contributed by atoms with Crippen LogP contribution in [0.15, 0.2) is 59.8 Å². The number of rotatable bonds is 5. The number of H-pyrrole nitrogens is 1. The van der Waals surface area contributed by atoms with E-state index < -0.39 is 10.0 Å². The van der Waals surface area contributed by atoms with Crippen molar-refractivity contribution in [1.82, 2.24) is 19.5 Å². The van der Waals surface area contributed by atoms with Crippen LogP contribution in [0.1, 0.15) is 12.5 Å². The molecule has 0 radical (unpaired) electrons. The predicted molar refractivity (Wildman–Crippen MR) is 109 cm³/mol. The molecule has 4 rings (SSSR count). The van der Waals surface area contributed by atoms with Crippen LogP contribution in [0.25, 0.3) is 11.1 Å². The molecule has 0 amide bonds. The number of piperazine rings is 1. The zero-order valence-electron chi connectivity index (χ0n) is 15.7. The minimum Gasteiger partial charge on any atom is -0.339 e. The van der Waals surface area contributed by atoms with Gasteiger partial charge in [0.05, 0.1) is 4.90 Å². The van der Waals surface area contributed by atoms with Crippen molar-refractivity contribution in [3.63, 3.8) is 0 Å². The average molecular weight is 398 g/mol. The lowest BCUT2D eigenvalue weighted by molar-refractivity contribution is 0.382. The van der Waals surface area contributed by atoms with Crippen LogP contribution >= 0.6 is 0 Å². The fraction of sp³-hybridized carbons (Fsp3) is 0.300. The average Bonchev–Trinajstić information content (AvgIpc) is 3.29. The summed E-state index contributed by atoms with van der Waals surface area (Å²) in [5.74, 6) is 0.676. The van der Waals surface area contributed by atoms with E-state index in [4.69, 9.17) is 0 Å². The normalized spacial score (nSPS) is 15.7. The largest absolute Gasteiger partial charge is 0.339 e. The third-order valence-corrected chi connectivity index (χ3v) is 7.02. The molecule has 1 aliphatic heterocycles. The van der Waals surface area contributed by atoms with Gasteiger partial charge in [-0.3, -0.25) is 0 Å². The van der Waals surface area contributed by atoms with Crippen molar-refractivity contribution in [3.8, 4) is 11.1 Å². The Labute approximate surface area is 165 Å². The third-order valence-electron chi connectivity index (χ3n) is 5.12. The lowest BCUT2D eigenvalue weighted by atomic mass is 9.98. The van der Waals surface area contributed by atoms with Crippen LogP contribution < -0.4 is 4.90 Å². The topological polar surface area (TPSA) is 82.2 Å². The molecular weight excluding hydrogens is 374 g/mol. The predicted octanol–water partition coefficient (Wildman–Crippen LogP) is 2.55. The molecule has 28 heavy (non-hydrogen) atoms. The first kappa shape index (κ1) is 18.6. The van der Waals surface area contributed by atoms with Crippen molar-refractivity contribution < 1.29 is 8.42 Å². The molecule has 0 saturated carbocycles. The summed E-state index contributed by atoms with van der Waals surface area (Å²) >= 11 is 0. The molecule has 0 bridgehead atoms. The number of benzene rings is 2. The zero-order chi connectivity index (χ0) is 19.6. The van der Waals surface area contributed by atoms with E-state index in [2.05, 4.69) is 28.2 Å². The van der Waals surface area contributed by atoms with Crippen LogP contribution in [0, 0.1) is 0 Å². The van der Waals surface area contributed by atoms with Crippen molar-refractivity contribution in [2.45, 2.75) is 18.2 Å². The molecule has 146 valence electrons. The number of anilines is 1. The molecule has 1 fully saturated rings. The molecule has 0 aliphatic carbocycles. The highest BCUT2D eigenvalue weighted by Crippen LogP contribution is 2.28. The van der Waals surface area contributed by atoms with Crippen LogP contribution in [0.4, 0.5) is 5.95 Å². The van der Waals surface area contributed by atoms with Gasteiger partial charge in [-0.25, -0.2) is 13.5 Å². The molecule has 8 heteroatoms. The quantitative estimate of drug-likeness (QED) is 0.715. The highest BCUT2D eigenvalue weighted by Gasteiger charge is 2.29. The Balaban J connectivity index is 1.57. The van der Waals surface area contributed by atoms with E-state index in [0.29, 0.717) is 37.0 Å². The summed E-state index contributed by atoms with van der Waals surface area (Å²) in [6, 6.07) is 15.4. The van der Waals surface area contributed by atoms with Gasteiger partial charge in [0, 0.05) is 26.2 Å². The van der Waals surface area contributed by atoms with Crippen molar-refractivity contribution in [2.75, 3.05) is 31.1 Å². The molecule has 1 aliphatic rings. The highest BCUT2D eigenvalue weighted by atomic mass is 32.2. The Bertz CT molecular complexity index is 1040. The summed E-state index contributed by atoms with van der Waals surface area (Å²) in [5, 5.41) is 6.68. The van der Waals surface area contributed by atoms with Gasteiger partial charge < -0.3 is 4.90 Å². The van der Waals surface area contributed by atoms with Gasteiger partial charge in [0.15, 0.2) is 0 Å². The van der Waals surface area contributed by atoms with Crippen molar-refractivity contribution >= 4 is 16.0 Å². The van der Waals surface area contributed by atoms with Crippen LogP contribution in [-0.2, 0) is 16.4 Å². The minimum atomic E-state index is -3.54. The van der Waals surface area contributed by atoms with Gasteiger partial charge in [-0.2, -0.15) is 14.4 Å². The molecule has 0 atom stereocenters. The van der Waals surface area contributed by atoms with E-state index in [0.717, 1.165) is 17.5 Å². The van der Waals surface area contributed by atoms with Gasteiger partial charge in [0.25, 0.3) is 0 Å². The summed E-state index contributed by atoms with van der Waals surface area (Å²) < 4.78 is 27.9. The van der Waals surface area contributed by atoms with E-state index in [1.165, 1.54) is 11.9 Å². The SMILES string of the molecule is CCc1ccccc1-c1cccc(S(=O)(=O)N2CCN(c3ncn[nH]3)CC2)c1. The maximum absolute atomic E-state index is 13.2. The minimum absolute atomic E-state index is 0.337. The van der Waals surface area contributed by atoms with Gasteiger partial charge in [-0.15, -0.1) is 0 Å². The van der Waals surface area contributed by atoms with Gasteiger partial charge in [-0.1, -0.05) is 43.3 Å². The van der Waals surface area contributed by atoms with E-state index in [-0.39, 0.29) is 0 Å². The fourth-order valence-electron chi connectivity index (χ4n) is 3.58. The number of aryl methyl sites for hydroxylation is 1. The Hall–Kier alpha value is -2.71. The van der Waals surface area contributed by atoms with Crippen LogP contribution in [-0.4, -0.2) is 54.1 Å². The first-order chi connectivity index (χ1) is 13.6. The molecule has 1 saturated heterocycles. The molecule has 0 unspecified atom stereocenters. The molecule has 2 aromatic carbocycles. The standard InChI is InChI=1S/C20H23N5O2S/c1-2-16-6-3-4-9-19(16)17-7-5-8-18(14-17)28(26,27)25-12-10-24(11-13-25)20-21-15-22-23-20/h3-9,14-15H,2,10-13H2,1H3,(H,21,22,23). The number of hydrogen-bond acceptors (Lipinski definition) is 5. The van der Waals surface area contributed by atoms with Crippen LogP contribution in [0.3, 0.4) is 0 Å². The van der Waals surface area contributed by atoms with Crippen molar-refractivity contribution in [3.05, 3.63) is 60.4 Å². The maximum Gasteiger partial charge on any atom is 0.243 e. The van der Waals surface area contributed by atoms with Gasteiger partial charge in [0.2, 0.25) is 16.0 Å². The van der Waals surface area contributed by atoms with E-state index in [1.807, 2.05) is 35.2 Å². The fourth-order valence-corrected chi connectivity index (χ4v) is 5.04.